The summed E-state index contributed by atoms with van der Waals surface area (Å²) in [6.07, 6.45) is 0. The third kappa shape index (κ3) is 4.64. The third-order valence-electron chi connectivity index (χ3n) is 5.85. The maximum Gasteiger partial charge on any atom is 0.162 e. The number of rotatable bonds is 6. The second kappa shape index (κ2) is 9.47. The van der Waals surface area contributed by atoms with Crippen LogP contribution in [0.1, 0.15) is 11.1 Å². The van der Waals surface area contributed by atoms with Crippen molar-refractivity contribution in [1.82, 2.24) is 15.3 Å². The van der Waals surface area contributed by atoms with Gasteiger partial charge in [-0.1, -0.05) is 66.7 Å². The Morgan fingerprint density at radius 3 is 2.56 bits per heavy atom. The third-order valence-corrected chi connectivity index (χ3v) is 5.85. The molecule has 1 N–H and O–H groups in total. The first kappa shape index (κ1) is 20.6. The van der Waals surface area contributed by atoms with Crippen LogP contribution in [0.5, 0.6) is 0 Å². The molecule has 1 fully saturated rings. The van der Waals surface area contributed by atoms with Crippen molar-refractivity contribution in [3.05, 3.63) is 90.0 Å². The Morgan fingerprint density at radius 1 is 0.969 bits per heavy atom. The summed E-state index contributed by atoms with van der Waals surface area (Å²) in [6, 6.07) is 27.2. The molecule has 5 heteroatoms. The number of hydrogen-bond donors (Lipinski definition) is 1. The highest BCUT2D eigenvalue weighted by atomic mass is 16.5. The van der Waals surface area contributed by atoms with E-state index in [1.165, 1.54) is 11.1 Å². The highest BCUT2D eigenvalue weighted by molar-refractivity contribution is 5.91. The number of aromatic nitrogens is 2. The molecular weight excluding hydrogens is 396 g/mol. The second-order valence-corrected chi connectivity index (χ2v) is 8.36. The van der Waals surface area contributed by atoms with Crippen molar-refractivity contribution >= 4 is 16.7 Å². The number of piperazine rings is 1. The molecule has 5 nitrogen and oxygen atoms in total. The van der Waals surface area contributed by atoms with Crippen LogP contribution < -0.4 is 10.2 Å². The summed E-state index contributed by atoms with van der Waals surface area (Å²) in [5, 5.41) is 4.70. The predicted molar refractivity (Wildman–Crippen MR) is 130 cm³/mol. The van der Waals surface area contributed by atoms with Gasteiger partial charge in [-0.2, -0.15) is 0 Å². The summed E-state index contributed by atoms with van der Waals surface area (Å²) in [6.45, 7) is 6.06. The van der Waals surface area contributed by atoms with Crippen molar-refractivity contribution in [3.63, 3.8) is 0 Å². The lowest BCUT2D eigenvalue weighted by molar-refractivity contribution is 0.0971. The lowest BCUT2D eigenvalue weighted by atomic mass is 10.1. The molecule has 4 aromatic rings. The Morgan fingerprint density at radius 2 is 1.75 bits per heavy atom. The van der Waals surface area contributed by atoms with Crippen molar-refractivity contribution in [2.45, 2.75) is 19.6 Å². The molecule has 1 aliphatic rings. The van der Waals surface area contributed by atoms with Crippen molar-refractivity contribution in [1.29, 1.82) is 0 Å². The van der Waals surface area contributed by atoms with Gasteiger partial charge in [0.1, 0.15) is 5.82 Å². The van der Waals surface area contributed by atoms with Gasteiger partial charge < -0.3 is 15.0 Å². The molecule has 1 aromatic heterocycles. The van der Waals surface area contributed by atoms with E-state index in [0.717, 1.165) is 47.7 Å². The number of hydrogen-bond acceptors (Lipinski definition) is 5. The minimum atomic E-state index is 0.253. The Hall–Kier alpha value is -3.28. The van der Waals surface area contributed by atoms with E-state index in [2.05, 4.69) is 59.6 Å². The maximum absolute atomic E-state index is 6.02. The summed E-state index contributed by atoms with van der Waals surface area (Å²) < 4.78 is 6.02. The van der Waals surface area contributed by atoms with Crippen molar-refractivity contribution in [2.24, 2.45) is 0 Å². The molecule has 0 aliphatic carbocycles. The predicted octanol–water partition coefficient (Wildman–Crippen LogP) is 4.60. The van der Waals surface area contributed by atoms with E-state index in [9.17, 15) is 0 Å². The molecule has 0 unspecified atom stereocenters. The molecule has 1 aliphatic heterocycles. The number of nitrogens with zero attached hydrogens (tertiary/aromatic N) is 3. The first-order valence-electron chi connectivity index (χ1n) is 11.2. The first-order chi connectivity index (χ1) is 15.8. The largest absolute Gasteiger partial charge is 0.375 e. The SMILES string of the molecule is Cc1ccc2c(N3CCN[C@@H](COCc4ccccc4)C3)nc(-c3ccccc3)nc2c1. The fourth-order valence-corrected chi connectivity index (χ4v) is 4.20. The zero-order valence-corrected chi connectivity index (χ0v) is 18.4. The van der Waals surface area contributed by atoms with E-state index in [0.29, 0.717) is 13.2 Å². The van der Waals surface area contributed by atoms with Gasteiger partial charge in [-0.05, 0) is 30.2 Å². The van der Waals surface area contributed by atoms with E-state index in [4.69, 9.17) is 14.7 Å². The fraction of sp³-hybridized carbons (Fsp3) is 0.259. The van der Waals surface area contributed by atoms with Gasteiger partial charge in [0.15, 0.2) is 5.82 Å². The van der Waals surface area contributed by atoms with Crippen LogP contribution in [-0.2, 0) is 11.3 Å². The number of ether oxygens (including phenoxy) is 1. The minimum absolute atomic E-state index is 0.253. The topological polar surface area (TPSA) is 50.3 Å². The van der Waals surface area contributed by atoms with Crippen LogP contribution in [0.2, 0.25) is 0 Å². The Kier molecular flexibility index (Phi) is 6.10. The van der Waals surface area contributed by atoms with Gasteiger partial charge in [0.05, 0.1) is 18.7 Å². The molecule has 0 radical (unpaired) electrons. The Balaban J connectivity index is 1.39. The molecule has 0 saturated carbocycles. The minimum Gasteiger partial charge on any atom is -0.375 e. The van der Waals surface area contributed by atoms with Gasteiger partial charge in [-0.25, -0.2) is 9.97 Å². The standard InChI is InChI=1S/C27H28N4O/c1-20-12-13-24-25(16-20)29-26(22-10-6-3-7-11-22)30-27(24)31-15-14-28-23(17-31)19-32-18-21-8-4-2-5-9-21/h2-13,16,23,28H,14-15,17-19H2,1H3/t23-/m1/s1. The van der Waals surface area contributed by atoms with Gasteiger partial charge in [0.25, 0.3) is 0 Å². The molecular formula is C27H28N4O. The summed E-state index contributed by atoms with van der Waals surface area (Å²) in [7, 11) is 0. The molecule has 5 rings (SSSR count). The quantitative estimate of drug-likeness (QED) is 0.490. The van der Waals surface area contributed by atoms with Crippen LogP contribution in [0.15, 0.2) is 78.9 Å². The summed E-state index contributed by atoms with van der Waals surface area (Å²) in [5.74, 6) is 1.78. The number of benzene rings is 3. The molecule has 162 valence electrons. The van der Waals surface area contributed by atoms with Crippen molar-refractivity contribution in [3.8, 4) is 11.4 Å². The van der Waals surface area contributed by atoms with Gasteiger partial charge >= 0.3 is 0 Å². The molecule has 1 atom stereocenters. The summed E-state index contributed by atoms with van der Waals surface area (Å²) in [4.78, 5) is 12.3. The van der Waals surface area contributed by atoms with Crippen molar-refractivity contribution < 1.29 is 4.74 Å². The smallest absolute Gasteiger partial charge is 0.162 e. The lowest BCUT2D eigenvalue weighted by Crippen LogP contribution is -2.53. The van der Waals surface area contributed by atoms with E-state index >= 15 is 0 Å². The fourth-order valence-electron chi connectivity index (χ4n) is 4.20. The van der Waals surface area contributed by atoms with Crippen LogP contribution in [0.25, 0.3) is 22.3 Å². The number of fused-ring (bicyclic) bond motifs is 1. The van der Waals surface area contributed by atoms with Crippen LogP contribution >= 0.6 is 0 Å². The molecule has 0 spiro atoms. The Labute approximate surface area is 189 Å². The first-order valence-corrected chi connectivity index (χ1v) is 11.2. The van der Waals surface area contributed by atoms with Crippen LogP contribution in [0, 0.1) is 6.92 Å². The normalized spacial score (nSPS) is 16.4. The summed E-state index contributed by atoms with van der Waals surface area (Å²) >= 11 is 0. The van der Waals surface area contributed by atoms with Crippen LogP contribution in [-0.4, -0.2) is 42.3 Å². The van der Waals surface area contributed by atoms with Crippen molar-refractivity contribution in [2.75, 3.05) is 31.1 Å². The van der Waals surface area contributed by atoms with E-state index in [-0.39, 0.29) is 6.04 Å². The maximum atomic E-state index is 6.02. The zero-order valence-electron chi connectivity index (χ0n) is 18.4. The average molecular weight is 425 g/mol. The van der Waals surface area contributed by atoms with Gasteiger partial charge in [0.2, 0.25) is 0 Å². The second-order valence-electron chi connectivity index (χ2n) is 8.36. The monoisotopic (exact) mass is 424 g/mol. The van der Waals surface area contributed by atoms with Crippen LogP contribution in [0.4, 0.5) is 5.82 Å². The van der Waals surface area contributed by atoms with E-state index in [1.807, 2.05) is 36.4 Å². The molecule has 32 heavy (non-hydrogen) atoms. The van der Waals surface area contributed by atoms with Gasteiger partial charge in [-0.15, -0.1) is 0 Å². The van der Waals surface area contributed by atoms with Gasteiger partial charge in [-0.3, -0.25) is 0 Å². The van der Waals surface area contributed by atoms with E-state index < -0.39 is 0 Å². The van der Waals surface area contributed by atoms with Gasteiger partial charge in [0, 0.05) is 36.6 Å². The molecule has 0 bridgehead atoms. The summed E-state index contributed by atoms with van der Waals surface area (Å²) in [5.41, 5.74) is 4.43. The zero-order chi connectivity index (χ0) is 21.8. The molecule has 1 saturated heterocycles. The highest BCUT2D eigenvalue weighted by Gasteiger charge is 2.23. The average Bonchev–Trinajstić information content (AvgIpc) is 2.84. The van der Waals surface area contributed by atoms with Crippen LogP contribution in [0.3, 0.4) is 0 Å². The lowest BCUT2D eigenvalue weighted by Gasteiger charge is -2.35. The van der Waals surface area contributed by atoms with E-state index in [1.54, 1.807) is 0 Å². The molecule has 0 amide bonds. The number of anilines is 1. The Bertz CT molecular complexity index is 1180. The number of aryl methyl sites for hydroxylation is 1. The molecule has 3 aromatic carbocycles. The molecule has 2 heterocycles. The number of nitrogens with one attached hydrogen (secondary N) is 1. The highest BCUT2D eigenvalue weighted by Crippen LogP contribution is 2.29.